The molecule has 0 radical (unpaired) electrons. The highest BCUT2D eigenvalue weighted by molar-refractivity contribution is 5.97. The van der Waals surface area contributed by atoms with E-state index in [4.69, 9.17) is 4.74 Å². The summed E-state index contributed by atoms with van der Waals surface area (Å²) >= 11 is 0. The fraction of sp³-hybridized carbons (Fsp3) is 0.286. The number of carbonyl (C=O) groups is 1. The summed E-state index contributed by atoms with van der Waals surface area (Å²) in [6, 6.07) is 7.36. The number of methoxy groups -OCH3 is 1. The number of hydrogen-bond acceptors (Lipinski definition) is 2. The summed E-state index contributed by atoms with van der Waals surface area (Å²) in [4.78, 5) is 12.1. The Kier molecular flexibility index (Phi) is 6.50. The summed E-state index contributed by atoms with van der Waals surface area (Å²) in [6.07, 6.45) is 2.63. The van der Waals surface area contributed by atoms with Crippen molar-refractivity contribution in [1.82, 2.24) is 5.32 Å². The first-order valence-electron chi connectivity index (χ1n) is 8.48. The van der Waals surface area contributed by atoms with Crippen molar-refractivity contribution < 1.29 is 18.3 Å². The lowest BCUT2D eigenvalue weighted by Crippen LogP contribution is -2.24. The molecule has 26 heavy (non-hydrogen) atoms. The molecule has 138 valence electrons. The zero-order valence-electron chi connectivity index (χ0n) is 15.5. The van der Waals surface area contributed by atoms with E-state index in [-0.39, 0.29) is 5.91 Å². The Morgan fingerprint density at radius 2 is 1.92 bits per heavy atom. The molecule has 0 bridgehead atoms. The molecule has 3 nitrogen and oxygen atoms in total. The highest BCUT2D eigenvalue weighted by Crippen LogP contribution is 2.32. The normalized spacial score (nSPS) is 11.4. The molecule has 0 aromatic heterocycles. The molecule has 2 aromatic rings. The first-order valence-corrected chi connectivity index (χ1v) is 8.48. The Morgan fingerprint density at radius 3 is 2.54 bits per heavy atom. The van der Waals surface area contributed by atoms with Crippen LogP contribution < -0.4 is 10.1 Å². The van der Waals surface area contributed by atoms with Crippen LogP contribution in [-0.4, -0.2) is 19.6 Å². The minimum absolute atomic E-state index is 0.136. The SMILES string of the molecule is CCCNC(=O)/C(C)=C/c1cc(OC)cc(-c2ccc(F)c(F)c2)c1C. The Labute approximate surface area is 152 Å². The zero-order valence-corrected chi connectivity index (χ0v) is 15.5. The number of rotatable bonds is 6. The molecule has 0 atom stereocenters. The van der Waals surface area contributed by atoms with Gasteiger partial charge in [-0.2, -0.15) is 0 Å². The standard InChI is InChI=1S/C21H23F2NO2/c1-5-8-24-21(25)13(2)9-16-10-17(26-4)12-18(14(16)3)15-6-7-19(22)20(23)11-15/h6-7,9-12H,5,8H2,1-4H3,(H,24,25)/b13-9+. The quantitative estimate of drug-likeness (QED) is 0.747. The van der Waals surface area contributed by atoms with Crippen LogP contribution in [0.5, 0.6) is 5.75 Å². The summed E-state index contributed by atoms with van der Waals surface area (Å²) in [5, 5.41) is 2.83. The average molecular weight is 359 g/mol. The lowest BCUT2D eigenvalue weighted by atomic mass is 9.94. The molecule has 0 aliphatic heterocycles. The van der Waals surface area contributed by atoms with Gasteiger partial charge in [0, 0.05) is 12.1 Å². The second-order valence-electron chi connectivity index (χ2n) is 6.10. The second kappa shape index (κ2) is 8.61. The van der Waals surface area contributed by atoms with Crippen LogP contribution in [0.1, 0.15) is 31.4 Å². The molecule has 1 N–H and O–H groups in total. The second-order valence-corrected chi connectivity index (χ2v) is 6.10. The number of carbonyl (C=O) groups excluding carboxylic acids is 1. The van der Waals surface area contributed by atoms with E-state index in [1.807, 2.05) is 19.9 Å². The average Bonchev–Trinajstić information content (AvgIpc) is 2.63. The van der Waals surface area contributed by atoms with Gasteiger partial charge in [-0.3, -0.25) is 4.79 Å². The van der Waals surface area contributed by atoms with Crippen LogP contribution in [0.3, 0.4) is 0 Å². The van der Waals surface area contributed by atoms with E-state index in [0.717, 1.165) is 35.2 Å². The molecular formula is C21H23F2NO2. The number of benzene rings is 2. The first kappa shape index (κ1) is 19.6. The molecule has 5 heteroatoms. The van der Waals surface area contributed by atoms with E-state index in [2.05, 4.69) is 5.32 Å². The lowest BCUT2D eigenvalue weighted by molar-refractivity contribution is -0.117. The van der Waals surface area contributed by atoms with Gasteiger partial charge in [0.05, 0.1) is 7.11 Å². The van der Waals surface area contributed by atoms with Crippen molar-refractivity contribution in [1.29, 1.82) is 0 Å². The van der Waals surface area contributed by atoms with Gasteiger partial charge in [0.25, 0.3) is 0 Å². The van der Waals surface area contributed by atoms with E-state index >= 15 is 0 Å². The summed E-state index contributed by atoms with van der Waals surface area (Å²) in [6.45, 7) is 6.21. The molecule has 0 aliphatic carbocycles. The van der Waals surface area contributed by atoms with Gasteiger partial charge < -0.3 is 10.1 Å². The Hall–Kier alpha value is -2.69. The van der Waals surface area contributed by atoms with Crippen LogP contribution in [-0.2, 0) is 4.79 Å². The Bertz CT molecular complexity index is 844. The fourth-order valence-corrected chi connectivity index (χ4v) is 2.62. The van der Waals surface area contributed by atoms with E-state index < -0.39 is 11.6 Å². The van der Waals surface area contributed by atoms with Crippen molar-refractivity contribution in [2.45, 2.75) is 27.2 Å². The number of halogens is 2. The van der Waals surface area contributed by atoms with Gasteiger partial charge in [-0.05, 0) is 72.9 Å². The predicted molar refractivity (Wildman–Crippen MR) is 100 cm³/mol. The van der Waals surface area contributed by atoms with Crippen LogP contribution >= 0.6 is 0 Å². The van der Waals surface area contributed by atoms with E-state index in [0.29, 0.717) is 23.4 Å². The van der Waals surface area contributed by atoms with Gasteiger partial charge in [-0.15, -0.1) is 0 Å². The molecule has 0 heterocycles. The van der Waals surface area contributed by atoms with Gasteiger partial charge >= 0.3 is 0 Å². The van der Waals surface area contributed by atoms with Crippen molar-refractivity contribution >= 4 is 12.0 Å². The van der Waals surface area contributed by atoms with Gasteiger partial charge in [0.2, 0.25) is 5.91 Å². The number of nitrogens with one attached hydrogen (secondary N) is 1. The molecule has 0 unspecified atom stereocenters. The molecule has 1 amide bonds. The molecule has 2 rings (SSSR count). The summed E-state index contributed by atoms with van der Waals surface area (Å²) < 4.78 is 32.2. The zero-order chi connectivity index (χ0) is 19.3. The monoisotopic (exact) mass is 359 g/mol. The minimum Gasteiger partial charge on any atom is -0.497 e. The third-order valence-corrected chi connectivity index (χ3v) is 4.15. The van der Waals surface area contributed by atoms with Crippen molar-refractivity contribution in [3.63, 3.8) is 0 Å². The maximum atomic E-state index is 13.6. The summed E-state index contributed by atoms with van der Waals surface area (Å²) in [5.74, 6) is -1.36. The smallest absolute Gasteiger partial charge is 0.246 e. The van der Waals surface area contributed by atoms with E-state index in [9.17, 15) is 13.6 Å². The number of ether oxygens (including phenoxy) is 1. The Balaban J connectivity index is 2.51. The predicted octanol–water partition coefficient (Wildman–Crippen LogP) is 4.88. The number of hydrogen-bond donors (Lipinski definition) is 1. The maximum Gasteiger partial charge on any atom is 0.246 e. The summed E-state index contributed by atoms with van der Waals surface area (Å²) in [5.41, 5.74) is 3.46. The Morgan fingerprint density at radius 1 is 1.19 bits per heavy atom. The highest BCUT2D eigenvalue weighted by Gasteiger charge is 2.12. The van der Waals surface area contributed by atoms with Gasteiger partial charge in [0.1, 0.15) is 5.75 Å². The van der Waals surface area contributed by atoms with Gasteiger partial charge in [0.15, 0.2) is 11.6 Å². The lowest BCUT2D eigenvalue weighted by Gasteiger charge is -2.13. The van der Waals surface area contributed by atoms with Crippen LogP contribution in [0.2, 0.25) is 0 Å². The molecule has 0 saturated heterocycles. The molecule has 2 aromatic carbocycles. The minimum atomic E-state index is -0.906. The highest BCUT2D eigenvalue weighted by atomic mass is 19.2. The van der Waals surface area contributed by atoms with Crippen LogP contribution in [0.15, 0.2) is 35.9 Å². The van der Waals surface area contributed by atoms with Crippen molar-refractivity contribution in [2.24, 2.45) is 0 Å². The fourth-order valence-electron chi connectivity index (χ4n) is 2.62. The third kappa shape index (κ3) is 4.48. The van der Waals surface area contributed by atoms with Crippen molar-refractivity contribution in [3.05, 3.63) is 58.7 Å². The van der Waals surface area contributed by atoms with E-state index in [1.54, 1.807) is 19.1 Å². The molecule has 0 spiro atoms. The maximum absolute atomic E-state index is 13.6. The van der Waals surface area contributed by atoms with Gasteiger partial charge in [-0.25, -0.2) is 8.78 Å². The first-order chi connectivity index (χ1) is 12.4. The van der Waals surface area contributed by atoms with Crippen LogP contribution in [0, 0.1) is 18.6 Å². The molecule has 0 saturated carbocycles. The number of amides is 1. The van der Waals surface area contributed by atoms with Gasteiger partial charge in [-0.1, -0.05) is 13.0 Å². The molecule has 0 fully saturated rings. The third-order valence-electron chi connectivity index (χ3n) is 4.15. The molecular weight excluding hydrogens is 336 g/mol. The summed E-state index contributed by atoms with van der Waals surface area (Å²) in [7, 11) is 1.54. The largest absolute Gasteiger partial charge is 0.497 e. The van der Waals surface area contributed by atoms with Crippen LogP contribution in [0.4, 0.5) is 8.78 Å². The van der Waals surface area contributed by atoms with Crippen LogP contribution in [0.25, 0.3) is 17.2 Å². The topological polar surface area (TPSA) is 38.3 Å². The van der Waals surface area contributed by atoms with Crippen molar-refractivity contribution in [2.75, 3.05) is 13.7 Å². The van der Waals surface area contributed by atoms with Crippen molar-refractivity contribution in [3.8, 4) is 16.9 Å². The van der Waals surface area contributed by atoms with E-state index in [1.165, 1.54) is 13.2 Å². The molecule has 0 aliphatic rings.